The second kappa shape index (κ2) is 24.5. The highest BCUT2D eigenvalue weighted by molar-refractivity contribution is 7.13. The topological polar surface area (TPSA) is 449 Å². The number of nitrogens with zero attached hydrogens (tertiary/aromatic N) is 5. The first-order chi connectivity index (χ1) is 38.4. The smallest absolute Gasteiger partial charge is 0.278 e. The number of carbonyl (C=O) groups excluding carboxylic acids is 10. The van der Waals surface area contributed by atoms with E-state index in [1.54, 1.807) is 0 Å². The van der Waals surface area contributed by atoms with Gasteiger partial charge in [-0.2, -0.15) is 0 Å². The lowest BCUT2D eigenvalue weighted by atomic mass is 9.97. The molecular formula is C51H51N15O15S. The molecule has 13 N–H and O–H groups in total. The van der Waals surface area contributed by atoms with Gasteiger partial charge in [0.2, 0.25) is 29.5 Å². The zero-order valence-electron chi connectivity index (χ0n) is 44.3. The van der Waals surface area contributed by atoms with Gasteiger partial charge < -0.3 is 77.0 Å². The van der Waals surface area contributed by atoms with Crippen molar-refractivity contribution in [2.75, 3.05) is 0 Å². The molecule has 1 unspecified atom stereocenters. The highest BCUT2D eigenvalue weighted by atomic mass is 32.1. The van der Waals surface area contributed by atoms with Gasteiger partial charge in [0, 0.05) is 10.9 Å². The van der Waals surface area contributed by atoms with Crippen molar-refractivity contribution in [1.82, 2.24) is 72.8 Å². The van der Waals surface area contributed by atoms with E-state index in [2.05, 4.69) is 112 Å². The molecule has 0 saturated heterocycles. The van der Waals surface area contributed by atoms with Crippen LogP contribution >= 0.6 is 11.3 Å². The maximum atomic E-state index is 13.8. The Morgan fingerprint density at radius 1 is 0.707 bits per heavy atom. The summed E-state index contributed by atoms with van der Waals surface area (Å²) in [6.45, 7) is 29.1. The van der Waals surface area contributed by atoms with Crippen molar-refractivity contribution in [3.63, 3.8) is 0 Å². The number of nitrogens with two attached hydrogens (primary N) is 1. The number of allylic oxidation sites excluding steroid dienone is 1. The largest absolute Gasteiger partial charge is 0.443 e. The molecule has 0 saturated carbocycles. The minimum atomic E-state index is -2.00. The maximum Gasteiger partial charge on any atom is 0.278 e. The van der Waals surface area contributed by atoms with E-state index in [1.165, 1.54) is 65.1 Å². The lowest BCUT2D eigenvalue weighted by molar-refractivity contribution is -0.132. The van der Waals surface area contributed by atoms with Gasteiger partial charge in [0.05, 0.1) is 51.6 Å². The molecule has 3 atom stereocenters. The Morgan fingerprint density at radius 2 is 1.29 bits per heavy atom. The summed E-state index contributed by atoms with van der Waals surface area (Å²) in [4.78, 5) is 154. The van der Waals surface area contributed by atoms with E-state index in [4.69, 9.17) is 19.0 Å². The Kier molecular flexibility index (Phi) is 18.0. The molecule has 31 heteroatoms. The predicted molar refractivity (Wildman–Crippen MR) is 287 cm³/mol. The molecule has 1 aliphatic heterocycles. The molecule has 6 rings (SSSR count). The fourth-order valence-electron chi connectivity index (χ4n) is 6.87. The number of amides is 10. The number of pyridine rings is 1. The molecule has 30 nitrogen and oxygen atoms in total. The van der Waals surface area contributed by atoms with Gasteiger partial charge in [-0.05, 0) is 53.7 Å². The number of oxazole rings is 3. The summed E-state index contributed by atoms with van der Waals surface area (Å²) in [6, 6.07) is -0.904. The average molecular weight is 1150 g/mol. The number of aryl methyl sites for hydroxylation is 2. The van der Waals surface area contributed by atoms with Crippen molar-refractivity contribution in [3.05, 3.63) is 144 Å². The second-order valence-corrected chi connectivity index (χ2v) is 18.8. The lowest BCUT2D eigenvalue weighted by Gasteiger charge is -2.29. The normalized spacial score (nSPS) is 17.3. The molecule has 82 heavy (non-hydrogen) atoms. The molecule has 426 valence electrons. The molecule has 0 radical (unpaired) electrons. The number of aromatic nitrogens is 5. The van der Waals surface area contributed by atoms with Crippen molar-refractivity contribution in [1.29, 1.82) is 0 Å². The summed E-state index contributed by atoms with van der Waals surface area (Å²) in [7, 11) is 0. The third-order valence-electron chi connectivity index (χ3n) is 11.2. The summed E-state index contributed by atoms with van der Waals surface area (Å²) < 4.78 is 16.9. The van der Waals surface area contributed by atoms with Gasteiger partial charge in [-0.3, -0.25) is 47.9 Å². The van der Waals surface area contributed by atoms with Gasteiger partial charge in [0.25, 0.3) is 47.3 Å². The van der Waals surface area contributed by atoms with Crippen LogP contribution < -0.4 is 53.6 Å². The summed E-state index contributed by atoms with van der Waals surface area (Å²) in [6.07, 6.45) is 0.826. The predicted octanol–water partition coefficient (Wildman–Crippen LogP) is 0.0983. The van der Waals surface area contributed by atoms with E-state index >= 15 is 0 Å². The van der Waals surface area contributed by atoms with Crippen LogP contribution in [0, 0.1) is 13.8 Å². The number of aliphatic hydroxyl groups is 2. The maximum absolute atomic E-state index is 13.8. The van der Waals surface area contributed by atoms with Crippen molar-refractivity contribution in [3.8, 4) is 22.0 Å². The number of hydrogen-bond acceptors (Lipinski definition) is 21. The van der Waals surface area contributed by atoms with Crippen LogP contribution in [0.3, 0.4) is 0 Å². The van der Waals surface area contributed by atoms with Crippen LogP contribution in [0.15, 0.2) is 105 Å². The van der Waals surface area contributed by atoms with Crippen LogP contribution in [0.5, 0.6) is 0 Å². The van der Waals surface area contributed by atoms with Crippen molar-refractivity contribution in [2.45, 2.75) is 65.3 Å². The van der Waals surface area contributed by atoms with Crippen LogP contribution in [-0.2, 0) is 28.8 Å². The van der Waals surface area contributed by atoms with Crippen LogP contribution in [0.1, 0.15) is 98.8 Å². The van der Waals surface area contributed by atoms with E-state index in [-0.39, 0.29) is 73.7 Å². The first-order valence-corrected chi connectivity index (χ1v) is 24.5. The Bertz CT molecular complexity index is 3660. The number of aliphatic hydroxyl groups excluding tert-OH is 1. The standard InChI is InChI=1S/C51H51N15O15S/c1-13-28-49-65-34(26(10)81-49)45(76)56-21(5)40(71)66-36(51(11,12)78)46(77)58-23(7)48-64-33(25(9)80-48)44(75)55-20(4)39(70)57-22(6)47-61-30(16-79-47)35-27(50-62-31(17-82-50)42(73)63-32(24(8)67)43(74)60-28)14-15-29(59-35)41(72)54-19(3)38(69)53-18(2)37(52)68/h13-17,24,32,36,67,78H,2-7H2,1,8-12H3,(H2,52,68)(H,53,69)(H,54,72)(H,55,75)(H,56,76)(H,57,70)(H,58,77)(H,60,74)(H,63,73)(H,66,71)/b28-13-/t24-,32+,36?/m1/s1. The number of fused-ring (bicyclic) bond motifs is 11. The molecule has 0 aromatic carbocycles. The van der Waals surface area contributed by atoms with Gasteiger partial charge >= 0.3 is 0 Å². The molecule has 5 aromatic heterocycles. The van der Waals surface area contributed by atoms with E-state index in [1.807, 2.05) is 0 Å². The molecule has 10 amide bonds. The molecule has 0 fully saturated rings. The first kappa shape index (κ1) is 60.4. The second-order valence-electron chi connectivity index (χ2n) is 18.0. The van der Waals surface area contributed by atoms with E-state index in [0.717, 1.165) is 17.6 Å². The van der Waals surface area contributed by atoms with Crippen LogP contribution in [0.4, 0.5) is 0 Å². The summed E-state index contributed by atoms with van der Waals surface area (Å²) in [5.41, 5.74) is -1.53. The summed E-state index contributed by atoms with van der Waals surface area (Å²) >= 11 is 0.884. The Balaban J connectivity index is 1.37. The third kappa shape index (κ3) is 13.9. The third-order valence-corrected chi connectivity index (χ3v) is 12.0. The quantitative estimate of drug-likeness (QED) is 0.0962. The number of rotatable bonds is 7. The van der Waals surface area contributed by atoms with Gasteiger partial charge in [0.1, 0.15) is 57.7 Å². The zero-order chi connectivity index (χ0) is 60.8. The highest BCUT2D eigenvalue weighted by Gasteiger charge is 2.37. The van der Waals surface area contributed by atoms with E-state index in [0.29, 0.717) is 0 Å². The van der Waals surface area contributed by atoms with Gasteiger partial charge in [0.15, 0.2) is 11.4 Å². The molecule has 0 aliphatic carbocycles. The summed E-state index contributed by atoms with van der Waals surface area (Å²) in [5, 5.41) is 43.7. The monoisotopic (exact) mass is 1150 g/mol. The van der Waals surface area contributed by atoms with Crippen LogP contribution in [0.25, 0.3) is 39.1 Å². The van der Waals surface area contributed by atoms with Crippen molar-refractivity contribution in [2.24, 2.45) is 5.73 Å². The molecule has 1 aliphatic rings. The minimum absolute atomic E-state index is 0.0594. The molecule has 6 heterocycles. The molecule has 8 bridgehead atoms. The number of hydrogen-bond donors (Lipinski definition) is 12. The average Bonchev–Trinajstić information content (AvgIpc) is 3.99. The fraction of sp³-hybridized carbons (Fsp3) is 0.196. The van der Waals surface area contributed by atoms with Crippen molar-refractivity contribution < 1.29 is 71.4 Å². The van der Waals surface area contributed by atoms with Gasteiger partial charge in [-0.15, -0.1) is 11.3 Å². The van der Waals surface area contributed by atoms with E-state index < -0.39 is 123 Å². The SMILES string of the molecule is C=C(NC(=O)C(=C)NC(=O)c1ccc2c(n1)-c1coc(n1)C(=C)NC(=O)C(=C)NC(=O)c1nc(oc1C)C(=C)NC(=O)C(C(C)(C)O)NC(=O)C(=C)NC(=O)c1nc(oc1C)/C(=C/C)NC(=O)[C@H]([C@@H](C)O)NC(=O)c1csc-2n1)C(N)=O. The first-order valence-electron chi connectivity index (χ1n) is 23.6. The Labute approximate surface area is 467 Å². The number of nitrogens with one attached hydrogen (secondary N) is 9. The van der Waals surface area contributed by atoms with Crippen LogP contribution in [0.2, 0.25) is 0 Å². The highest BCUT2D eigenvalue weighted by Crippen LogP contribution is 2.33. The minimum Gasteiger partial charge on any atom is -0.443 e. The van der Waals surface area contributed by atoms with Crippen molar-refractivity contribution >= 4 is 87.5 Å². The Morgan fingerprint density at radius 3 is 1.89 bits per heavy atom. The lowest BCUT2D eigenvalue weighted by Crippen LogP contribution is -2.58. The number of primary amides is 1. The van der Waals surface area contributed by atoms with E-state index in [9.17, 15) is 58.2 Å². The molecule has 5 aromatic rings. The fourth-order valence-corrected chi connectivity index (χ4v) is 7.70. The number of carbonyl (C=O) groups is 10. The molecular weight excluding hydrogens is 1090 g/mol. The Hall–Kier alpha value is -10.8. The molecule has 0 spiro atoms. The van der Waals surface area contributed by atoms with Gasteiger partial charge in [-0.25, -0.2) is 24.9 Å². The van der Waals surface area contributed by atoms with Crippen LogP contribution in [-0.4, -0.2) is 118 Å². The number of thiazole rings is 1. The van der Waals surface area contributed by atoms with Gasteiger partial charge in [-0.1, -0.05) is 45.5 Å². The summed E-state index contributed by atoms with van der Waals surface area (Å²) in [5.74, 6) is -11.7. The zero-order valence-corrected chi connectivity index (χ0v) is 45.1.